The van der Waals surface area contributed by atoms with Crippen LogP contribution in [0.2, 0.25) is 0 Å². The van der Waals surface area contributed by atoms with Gasteiger partial charge in [0.2, 0.25) is 5.95 Å². The van der Waals surface area contributed by atoms with Crippen LogP contribution in [0.5, 0.6) is 0 Å². The minimum absolute atomic E-state index is 0.0169. The molecule has 0 amide bonds. The maximum absolute atomic E-state index is 11.0. The van der Waals surface area contributed by atoms with Crippen LogP contribution >= 0.6 is 0 Å². The lowest BCUT2D eigenvalue weighted by molar-refractivity contribution is 0.0690. The van der Waals surface area contributed by atoms with Crippen LogP contribution < -0.4 is 4.90 Å². The Labute approximate surface area is 117 Å². The Morgan fingerprint density at radius 1 is 1.20 bits per heavy atom. The number of benzene rings is 1. The van der Waals surface area contributed by atoms with Gasteiger partial charge in [-0.25, -0.2) is 14.8 Å². The molecule has 0 spiro atoms. The van der Waals surface area contributed by atoms with Crippen LogP contribution in [0.15, 0.2) is 30.3 Å². The molecule has 0 atom stereocenters. The average molecular weight is 271 g/mol. The van der Waals surface area contributed by atoms with Crippen molar-refractivity contribution < 1.29 is 9.90 Å². The molecule has 104 valence electrons. The number of aryl methyl sites for hydroxylation is 2. The fourth-order valence-corrected chi connectivity index (χ4v) is 1.87. The fourth-order valence-electron chi connectivity index (χ4n) is 1.87. The molecule has 5 nitrogen and oxygen atoms in total. The first-order valence-corrected chi connectivity index (χ1v) is 6.31. The lowest BCUT2D eigenvalue weighted by Crippen LogP contribution is -2.20. The van der Waals surface area contributed by atoms with Crippen molar-refractivity contribution in [3.8, 4) is 0 Å². The topological polar surface area (TPSA) is 66.3 Å². The van der Waals surface area contributed by atoms with E-state index in [2.05, 4.69) is 9.97 Å². The van der Waals surface area contributed by atoms with E-state index in [0.717, 1.165) is 5.56 Å². The molecule has 0 aliphatic carbocycles. The first kappa shape index (κ1) is 14.0. The van der Waals surface area contributed by atoms with E-state index in [1.54, 1.807) is 6.92 Å². The van der Waals surface area contributed by atoms with Gasteiger partial charge in [-0.15, -0.1) is 0 Å². The maximum atomic E-state index is 11.0. The first-order valence-electron chi connectivity index (χ1n) is 6.31. The smallest absolute Gasteiger partial charge is 0.354 e. The molecule has 2 aromatic rings. The Balaban J connectivity index is 2.22. The van der Waals surface area contributed by atoms with E-state index in [1.165, 1.54) is 11.6 Å². The van der Waals surface area contributed by atoms with Gasteiger partial charge >= 0.3 is 5.97 Å². The number of nitrogens with zero attached hydrogens (tertiary/aromatic N) is 3. The predicted octanol–water partition coefficient (Wildman–Crippen LogP) is 2.43. The van der Waals surface area contributed by atoms with E-state index in [4.69, 9.17) is 5.11 Å². The number of hydrogen-bond acceptors (Lipinski definition) is 4. The summed E-state index contributed by atoms with van der Waals surface area (Å²) in [6.45, 7) is 4.43. The summed E-state index contributed by atoms with van der Waals surface area (Å²) in [5, 5.41) is 9.03. The minimum Gasteiger partial charge on any atom is -0.477 e. The summed E-state index contributed by atoms with van der Waals surface area (Å²) in [7, 11) is 1.85. The summed E-state index contributed by atoms with van der Waals surface area (Å²) < 4.78 is 0. The largest absolute Gasteiger partial charge is 0.477 e. The van der Waals surface area contributed by atoms with Crippen molar-refractivity contribution in [2.75, 3.05) is 11.9 Å². The molecule has 0 saturated carbocycles. The average Bonchev–Trinajstić information content (AvgIpc) is 2.40. The Morgan fingerprint density at radius 2 is 1.85 bits per heavy atom. The van der Waals surface area contributed by atoms with Gasteiger partial charge in [-0.3, -0.25) is 0 Å². The van der Waals surface area contributed by atoms with Crippen molar-refractivity contribution in [3.05, 3.63) is 52.8 Å². The summed E-state index contributed by atoms with van der Waals surface area (Å²) in [6.07, 6.45) is 0. The number of hydrogen-bond donors (Lipinski definition) is 1. The van der Waals surface area contributed by atoms with Gasteiger partial charge in [-0.05, 0) is 25.5 Å². The summed E-state index contributed by atoms with van der Waals surface area (Å²) in [6, 6.07) is 9.64. The zero-order chi connectivity index (χ0) is 14.7. The van der Waals surface area contributed by atoms with E-state index in [1.807, 2.05) is 43.1 Å². The van der Waals surface area contributed by atoms with Gasteiger partial charge in [0.15, 0.2) is 5.69 Å². The normalized spacial score (nSPS) is 10.3. The molecule has 20 heavy (non-hydrogen) atoms. The molecular formula is C15H17N3O2. The molecule has 1 aromatic carbocycles. The molecule has 0 unspecified atom stereocenters. The molecule has 1 heterocycles. The first-order chi connectivity index (χ1) is 9.45. The third-order valence-corrected chi connectivity index (χ3v) is 2.94. The Morgan fingerprint density at radius 3 is 2.45 bits per heavy atom. The highest BCUT2D eigenvalue weighted by Gasteiger charge is 2.12. The van der Waals surface area contributed by atoms with E-state index in [-0.39, 0.29) is 5.69 Å². The highest BCUT2D eigenvalue weighted by atomic mass is 16.4. The van der Waals surface area contributed by atoms with Gasteiger partial charge in [0.05, 0.1) is 0 Å². The molecule has 0 aliphatic rings. The predicted molar refractivity (Wildman–Crippen MR) is 77.0 cm³/mol. The molecule has 0 bridgehead atoms. The standard InChI is InChI=1S/C15H17N3O2/c1-10-4-6-12(7-5-10)9-18(3)15-16-11(2)8-13(17-15)14(19)20/h4-8H,9H2,1-3H3,(H,19,20). The molecule has 0 radical (unpaired) electrons. The van der Waals surface area contributed by atoms with Crippen molar-refractivity contribution in [1.29, 1.82) is 0 Å². The van der Waals surface area contributed by atoms with Gasteiger partial charge in [0.1, 0.15) is 0 Å². The summed E-state index contributed by atoms with van der Waals surface area (Å²) in [5.41, 5.74) is 2.99. The number of anilines is 1. The van der Waals surface area contributed by atoms with E-state index >= 15 is 0 Å². The highest BCUT2D eigenvalue weighted by Crippen LogP contribution is 2.13. The van der Waals surface area contributed by atoms with Crippen LogP contribution in [0.25, 0.3) is 0 Å². The molecule has 0 saturated heterocycles. The third-order valence-electron chi connectivity index (χ3n) is 2.94. The Kier molecular flexibility index (Phi) is 3.98. The molecule has 0 aliphatic heterocycles. The molecule has 1 N–H and O–H groups in total. The van der Waals surface area contributed by atoms with Gasteiger partial charge in [0, 0.05) is 19.3 Å². The van der Waals surface area contributed by atoms with E-state index in [0.29, 0.717) is 18.2 Å². The third kappa shape index (κ3) is 3.32. The highest BCUT2D eigenvalue weighted by molar-refractivity contribution is 5.85. The Hall–Kier alpha value is -2.43. The second-order valence-corrected chi connectivity index (χ2v) is 4.84. The molecular weight excluding hydrogens is 254 g/mol. The number of carboxylic acids is 1. The monoisotopic (exact) mass is 271 g/mol. The van der Waals surface area contributed by atoms with E-state index < -0.39 is 5.97 Å². The summed E-state index contributed by atoms with van der Waals surface area (Å²) >= 11 is 0. The number of rotatable bonds is 4. The number of aromatic carboxylic acids is 1. The molecule has 0 fully saturated rings. The van der Waals surface area contributed by atoms with Crippen LogP contribution in [-0.2, 0) is 6.54 Å². The van der Waals surface area contributed by atoms with Crippen molar-refractivity contribution in [3.63, 3.8) is 0 Å². The lowest BCUT2D eigenvalue weighted by atomic mass is 10.1. The van der Waals surface area contributed by atoms with Crippen molar-refractivity contribution in [2.45, 2.75) is 20.4 Å². The minimum atomic E-state index is -1.04. The van der Waals surface area contributed by atoms with Gasteiger partial charge in [0.25, 0.3) is 0 Å². The Bertz CT molecular complexity index is 624. The van der Waals surface area contributed by atoms with Crippen molar-refractivity contribution in [2.24, 2.45) is 0 Å². The van der Waals surface area contributed by atoms with Gasteiger partial charge in [-0.1, -0.05) is 29.8 Å². The zero-order valence-corrected chi connectivity index (χ0v) is 11.8. The zero-order valence-electron chi connectivity index (χ0n) is 11.8. The fraction of sp³-hybridized carbons (Fsp3) is 0.267. The second kappa shape index (κ2) is 5.69. The number of carboxylic acid groups (broad SMARTS) is 1. The van der Waals surface area contributed by atoms with Crippen LogP contribution in [-0.4, -0.2) is 28.1 Å². The van der Waals surface area contributed by atoms with Crippen molar-refractivity contribution in [1.82, 2.24) is 9.97 Å². The SMILES string of the molecule is Cc1ccc(CN(C)c2nc(C)cc(C(=O)O)n2)cc1. The molecule has 5 heteroatoms. The van der Waals surface area contributed by atoms with Crippen LogP contribution in [0.3, 0.4) is 0 Å². The van der Waals surface area contributed by atoms with Gasteiger partial charge in [-0.2, -0.15) is 0 Å². The van der Waals surface area contributed by atoms with Gasteiger partial charge < -0.3 is 10.0 Å². The quantitative estimate of drug-likeness (QED) is 0.925. The summed E-state index contributed by atoms with van der Waals surface area (Å²) in [5.74, 6) is -0.622. The van der Waals surface area contributed by atoms with Crippen LogP contribution in [0.1, 0.15) is 27.3 Å². The second-order valence-electron chi connectivity index (χ2n) is 4.84. The maximum Gasteiger partial charge on any atom is 0.354 e. The molecule has 2 rings (SSSR count). The number of carbonyl (C=O) groups is 1. The molecule has 1 aromatic heterocycles. The lowest BCUT2D eigenvalue weighted by Gasteiger charge is -2.18. The van der Waals surface area contributed by atoms with Crippen LogP contribution in [0.4, 0.5) is 5.95 Å². The van der Waals surface area contributed by atoms with Crippen LogP contribution in [0, 0.1) is 13.8 Å². The number of aromatic nitrogens is 2. The van der Waals surface area contributed by atoms with E-state index in [9.17, 15) is 4.79 Å². The summed E-state index contributed by atoms with van der Waals surface area (Å²) in [4.78, 5) is 21.2. The van der Waals surface area contributed by atoms with Crippen molar-refractivity contribution >= 4 is 11.9 Å².